The molecule has 0 aromatic heterocycles. The molecule has 2 rings (SSSR count). The standard InChI is InChI=1S/C10H10BrNO2/c11-9-4-2-1-3-8(9)7-5-12-10(13)14-6-7/h1-4,7H,5-6H2,(H,12,13). The van der Waals surface area contributed by atoms with Gasteiger partial charge in [0.1, 0.15) is 6.61 Å². The molecule has 0 bridgehead atoms. The average molecular weight is 256 g/mol. The molecule has 1 aromatic rings. The number of carbonyl (C=O) groups is 1. The summed E-state index contributed by atoms with van der Waals surface area (Å²) in [6, 6.07) is 7.98. The molecular formula is C10H10BrNO2. The molecule has 1 aliphatic heterocycles. The van der Waals surface area contributed by atoms with Gasteiger partial charge in [0.2, 0.25) is 0 Å². The van der Waals surface area contributed by atoms with Gasteiger partial charge in [-0.1, -0.05) is 34.1 Å². The number of nitrogens with one attached hydrogen (secondary N) is 1. The van der Waals surface area contributed by atoms with Crippen molar-refractivity contribution in [1.29, 1.82) is 0 Å². The summed E-state index contributed by atoms with van der Waals surface area (Å²) in [5.74, 6) is 0.239. The van der Waals surface area contributed by atoms with Crippen molar-refractivity contribution in [2.75, 3.05) is 13.2 Å². The van der Waals surface area contributed by atoms with Crippen LogP contribution in [-0.2, 0) is 4.74 Å². The van der Waals surface area contributed by atoms with Crippen molar-refractivity contribution in [2.24, 2.45) is 0 Å². The summed E-state index contributed by atoms with van der Waals surface area (Å²) in [6.45, 7) is 1.09. The third-order valence-electron chi connectivity index (χ3n) is 2.25. The van der Waals surface area contributed by atoms with Gasteiger partial charge < -0.3 is 10.1 Å². The second-order valence-electron chi connectivity index (χ2n) is 3.20. The number of rotatable bonds is 1. The van der Waals surface area contributed by atoms with E-state index in [9.17, 15) is 4.79 Å². The van der Waals surface area contributed by atoms with Crippen LogP contribution in [0.3, 0.4) is 0 Å². The van der Waals surface area contributed by atoms with Gasteiger partial charge in [0, 0.05) is 16.9 Å². The first-order chi connectivity index (χ1) is 6.77. The summed E-state index contributed by atoms with van der Waals surface area (Å²) in [6.07, 6.45) is -0.326. The van der Waals surface area contributed by atoms with E-state index >= 15 is 0 Å². The van der Waals surface area contributed by atoms with Crippen molar-refractivity contribution < 1.29 is 9.53 Å². The second-order valence-corrected chi connectivity index (χ2v) is 4.05. The number of cyclic esters (lactones) is 1. The lowest BCUT2D eigenvalue weighted by Gasteiger charge is -2.23. The van der Waals surface area contributed by atoms with Gasteiger partial charge in [0.25, 0.3) is 0 Å². The zero-order valence-electron chi connectivity index (χ0n) is 7.50. The van der Waals surface area contributed by atoms with Crippen LogP contribution in [0.5, 0.6) is 0 Å². The molecule has 1 aromatic carbocycles. The molecule has 1 fully saturated rings. The van der Waals surface area contributed by atoms with Crippen LogP contribution in [0.25, 0.3) is 0 Å². The van der Waals surface area contributed by atoms with E-state index in [1.807, 2.05) is 24.3 Å². The first-order valence-electron chi connectivity index (χ1n) is 4.42. The summed E-state index contributed by atoms with van der Waals surface area (Å²) < 4.78 is 5.99. The summed E-state index contributed by atoms with van der Waals surface area (Å²) >= 11 is 3.48. The molecule has 1 unspecified atom stereocenters. The molecule has 1 saturated heterocycles. The number of alkyl carbamates (subject to hydrolysis) is 1. The number of hydrogen-bond acceptors (Lipinski definition) is 2. The van der Waals surface area contributed by atoms with Crippen LogP contribution in [-0.4, -0.2) is 19.2 Å². The lowest BCUT2D eigenvalue weighted by atomic mass is 9.99. The highest BCUT2D eigenvalue weighted by Crippen LogP contribution is 2.25. The van der Waals surface area contributed by atoms with Gasteiger partial charge in [-0.25, -0.2) is 4.79 Å². The Morgan fingerprint density at radius 1 is 1.43 bits per heavy atom. The molecule has 0 spiro atoms. The zero-order chi connectivity index (χ0) is 9.97. The Morgan fingerprint density at radius 3 is 2.86 bits per heavy atom. The van der Waals surface area contributed by atoms with Crippen LogP contribution >= 0.6 is 15.9 Å². The lowest BCUT2D eigenvalue weighted by molar-refractivity contribution is 0.120. The smallest absolute Gasteiger partial charge is 0.407 e. The number of benzene rings is 1. The minimum atomic E-state index is -0.326. The summed E-state index contributed by atoms with van der Waals surface area (Å²) in [7, 11) is 0. The largest absolute Gasteiger partial charge is 0.449 e. The normalized spacial score (nSPS) is 21.2. The Bertz CT molecular complexity index is 344. The Kier molecular flexibility index (Phi) is 2.72. The van der Waals surface area contributed by atoms with Crippen LogP contribution in [0.4, 0.5) is 4.79 Å². The van der Waals surface area contributed by atoms with E-state index in [1.165, 1.54) is 5.56 Å². The predicted molar refractivity (Wildman–Crippen MR) is 56.2 cm³/mol. The number of ether oxygens (including phenoxy) is 1. The van der Waals surface area contributed by atoms with Gasteiger partial charge in [-0.2, -0.15) is 0 Å². The van der Waals surface area contributed by atoms with Gasteiger partial charge in [-0.05, 0) is 11.6 Å². The molecule has 1 aliphatic rings. The molecule has 1 heterocycles. The van der Waals surface area contributed by atoms with Crippen LogP contribution in [0, 0.1) is 0 Å². The Morgan fingerprint density at radius 2 is 2.21 bits per heavy atom. The van der Waals surface area contributed by atoms with Gasteiger partial charge in [0.05, 0.1) is 0 Å². The monoisotopic (exact) mass is 255 g/mol. The maximum Gasteiger partial charge on any atom is 0.407 e. The van der Waals surface area contributed by atoms with Gasteiger partial charge in [-0.3, -0.25) is 0 Å². The van der Waals surface area contributed by atoms with E-state index in [0.717, 1.165) is 4.47 Å². The highest BCUT2D eigenvalue weighted by atomic mass is 79.9. The number of hydrogen-bond donors (Lipinski definition) is 1. The summed E-state index contributed by atoms with van der Waals surface area (Å²) in [5, 5.41) is 2.68. The maximum absolute atomic E-state index is 10.8. The van der Waals surface area contributed by atoms with E-state index in [1.54, 1.807) is 0 Å². The molecule has 0 radical (unpaired) electrons. The van der Waals surface area contributed by atoms with E-state index in [-0.39, 0.29) is 12.0 Å². The Labute approximate surface area is 90.6 Å². The molecule has 14 heavy (non-hydrogen) atoms. The van der Waals surface area contributed by atoms with Crippen LogP contribution in [0.15, 0.2) is 28.7 Å². The lowest BCUT2D eigenvalue weighted by Crippen LogP contribution is -2.37. The van der Waals surface area contributed by atoms with Crippen molar-refractivity contribution in [3.05, 3.63) is 34.3 Å². The van der Waals surface area contributed by atoms with Gasteiger partial charge in [-0.15, -0.1) is 0 Å². The third kappa shape index (κ3) is 1.90. The highest BCUT2D eigenvalue weighted by Gasteiger charge is 2.21. The van der Waals surface area contributed by atoms with Crippen molar-refractivity contribution in [3.63, 3.8) is 0 Å². The second kappa shape index (κ2) is 4.00. The number of halogens is 1. The zero-order valence-corrected chi connectivity index (χ0v) is 9.08. The van der Waals surface area contributed by atoms with E-state index in [0.29, 0.717) is 13.2 Å². The third-order valence-corrected chi connectivity index (χ3v) is 2.98. The molecule has 1 N–H and O–H groups in total. The molecular weight excluding hydrogens is 246 g/mol. The van der Waals surface area contributed by atoms with Crippen molar-refractivity contribution in [3.8, 4) is 0 Å². The van der Waals surface area contributed by atoms with Gasteiger partial charge >= 0.3 is 6.09 Å². The van der Waals surface area contributed by atoms with Crippen LogP contribution < -0.4 is 5.32 Å². The minimum Gasteiger partial charge on any atom is -0.449 e. The van der Waals surface area contributed by atoms with E-state index < -0.39 is 0 Å². The first-order valence-corrected chi connectivity index (χ1v) is 5.21. The fourth-order valence-corrected chi connectivity index (χ4v) is 2.11. The van der Waals surface area contributed by atoms with E-state index in [2.05, 4.69) is 21.2 Å². The molecule has 74 valence electrons. The van der Waals surface area contributed by atoms with Crippen LogP contribution in [0.2, 0.25) is 0 Å². The minimum absolute atomic E-state index is 0.239. The first kappa shape index (κ1) is 9.52. The SMILES string of the molecule is O=C1NCC(c2ccccc2Br)CO1. The topological polar surface area (TPSA) is 38.3 Å². The van der Waals surface area contributed by atoms with Gasteiger partial charge in [0.15, 0.2) is 0 Å². The van der Waals surface area contributed by atoms with E-state index in [4.69, 9.17) is 4.74 Å². The highest BCUT2D eigenvalue weighted by molar-refractivity contribution is 9.10. The van der Waals surface area contributed by atoms with Crippen molar-refractivity contribution in [1.82, 2.24) is 5.32 Å². The quantitative estimate of drug-likeness (QED) is 0.837. The fourth-order valence-electron chi connectivity index (χ4n) is 1.50. The molecule has 4 heteroatoms. The average Bonchev–Trinajstić information content (AvgIpc) is 2.20. The molecule has 3 nitrogen and oxygen atoms in total. The predicted octanol–water partition coefficient (Wildman–Crippen LogP) is 2.27. The van der Waals surface area contributed by atoms with Crippen LogP contribution in [0.1, 0.15) is 11.5 Å². The number of carbonyl (C=O) groups excluding carboxylic acids is 1. The van der Waals surface area contributed by atoms with Crippen molar-refractivity contribution in [2.45, 2.75) is 5.92 Å². The Hall–Kier alpha value is -1.03. The maximum atomic E-state index is 10.8. The molecule has 0 aliphatic carbocycles. The summed E-state index contributed by atoms with van der Waals surface area (Å²) in [5.41, 5.74) is 1.17. The summed E-state index contributed by atoms with van der Waals surface area (Å²) in [4.78, 5) is 10.8. The molecule has 0 saturated carbocycles. The fraction of sp³-hybridized carbons (Fsp3) is 0.300. The van der Waals surface area contributed by atoms with Crippen molar-refractivity contribution >= 4 is 22.0 Å². The Balaban J connectivity index is 2.16. The molecule has 1 atom stereocenters. The molecule has 1 amide bonds. The number of amides is 1.